The first kappa shape index (κ1) is 15.8. The van der Waals surface area contributed by atoms with Crippen LogP contribution in [0.25, 0.3) is 11.1 Å². The number of oxazole rings is 1. The fourth-order valence-corrected chi connectivity index (χ4v) is 2.66. The van der Waals surface area contributed by atoms with Crippen LogP contribution >= 0.6 is 0 Å². The summed E-state index contributed by atoms with van der Waals surface area (Å²) in [7, 11) is 3.89. The van der Waals surface area contributed by atoms with Crippen molar-refractivity contribution in [2.24, 2.45) is 0 Å². The number of fused-ring (bicyclic) bond motifs is 1. The summed E-state index contributed by atoms with van der Waals surface area (Å²) in [5.74, 6) is -0.531. The molecule has 0 radical (unpaired) electrons. The molecule has 1 amide bonds. The third-order valence-electron chi connectivity index (χ3n) is 3.93. The van der Waals surface area contributed by atoms with Gasteiger partial charge in [-0.1, -0.05) is 0 Å². The number of aromatic nitrogens is 1. The zero-order chi connectivity index (χ0) is 16.4. The minimum absolute atomic E-state index is 0.146. The van der Waals surface area contributed by atoms with E-state index in [9.17, 15) is 9.59 Å². The molecule has 1 aromatic carbocycles. The average molecular weight is 319 g/mol. The number of anilines is 1. The Morgan fingerprint density at radius 3 is 2.96 bits per heavy atom. The third-order valence-corrected chi connectivity index (χ3v) is 3.93. The van der Waals surface area contributed by atoms with E-state index in [1.807, 2.05) is 19.0 Å². The quantitative estimate of drug-likeness (QED) is 0.898. The molecule has 0 spiro atoms. The molecule has 1 atom stereocenters. The highest BCUT2D eigenvalue weighted by Crippen LogP contribution is 2.20. The first-order valence-corrected chi connectivity index (χ1v) is 7.75. The molecule has 0 unspecified atom stereocenters. The van der Waals surface area contributed by atoms with Crippen molar-refractivity contribution in [3.8, 4) is 0 Å². The van der Waals surface area contributed by atoms with Crippen molar-refractivity contribution >= 4 is 22.7 Å². The number of amides is 1. The van der Waals surface area contributed by atoms with Crippen LogP contribution in [0.1, 0.15) is 12.8 Å². The molecule has 2 aromatic rings. The normalized spacial score (nSPS) is 18.0. The van der Waals surface area contributed by atoms with E-state index >= 15 is 0 Å². The number of ether oxygens (including phenoxy) is 1. The van der Waals surface area contributed by atoms with E-state index in [2.05, 4.69) is 5.32 Å². The maximum Gasteiger partial charge on any atom is 0.419 e. The number of benzene rings is 1. The van der Waals surface area contributed by atoms with Crippen molar-refractivity contribution in [1.29, 1.82) is 0 Å². The van der Waals surface area contributed by atoms with Crippen molar-refractivity contribution in [3.05, 3.63) is 28.7 Å². The Labute approximate surface area is 133 Å². The van der Waals surface area contributed by atoms with Crippen molar-refractivity contribution < 1.29 is 13.9 Å². The van der Waals surface area contributed by atoms with Crippen LogP contribution in [-0.4, -0.2) is 48.7 Å². The van der Waals surface area contributed by atoms with Crippen molar-refractivity contribution in [1.82, 2.24) is 9.47 Å². The monoisotopic (exact) mass is 319 g/mol. The smallest absolute Gasteiger partial charge is 0.408 e. The van der Waals surface area contributed by atoms with E-state index in [1.54, 1.807) is 22.8 Å². The largest absolute Gasteiger partial charge is 0.419 e. The summed E-state index contributed by atoms with van der Waals surface area (Å²) in [4.78, 5) is 26.1. The Balaban J connectivity index is 1.83. The summed E-state index contributed by atoms with van der Waals surface area (Å²) in [6, 6.07) is 5.20. The zero-order valence-electron chi connectivity index (χ0n) is 13.4. The molecule has 1 fully saturated rings. The molecule has 2 heterocycles. The van der Waals surface area contributed by atoms with Gasteiger partial charge in [0.2, 0.25) is 0 Å². The predicted molar refractivity (Wildman–Crippen MR) is 86.6 cm³/mol. The molecule has 1 saturated heterocycles. The van der Waals surface area contributed by atoms with Gasteiger partial charge in [-0.15, -0.1) is 0 Å². The van der Waals surface area contributed by atoms with Crippen LogP contribution in [-0.2, 0) is 16.1 Å². The third kappa shape index (κ3) is 3.46. The lowest BCUT2D eigenvalue weighted by atomic mass is 10.2. The Bertz CT molecular complexity index is 756. The number of hydrogen-bond donors (Lipinski definition) is 1. The summed E-state index contributed by atoms with van der Waals surface area (Å²) >= 11 is 0. The highest BCUT2D eigenvalue weighted by atomic mass is 16.5. The molecule has 7 nitrogen and oxygen atoms in total. The van der Waals surface area contributed by atoms with Crippen molar-refractivity contribution in [2.75, 3.05) is 32.6 Å². The predicted octanol–water partition coefficient (Wildman–Crippen LogP) is 1.27. The number of hydrogen-bond acceptors (Lipinski definition) is 5. The molecule has 0 bridgehead atoms. The summed E-state index contributed by atoms with van der Waals surface area (Å²) in [5, 5.41) is 2.85. The minimum atomic E-state index is -0.385. The number of nitrogens with one attached hydrogen (secondary N) is 1. The minimum Gasteiger partial charge on any atom is -0.408 e. The molecule has 7 heteroatoms. The lowest BCUT2D eigenvalue weighted by Gasteiger charge is -2.11. The molecule has 124 valence electrons. The van der Waals surface area contributed by atoms with Crippen LogP contribution in [0.3, 0.4) is 0 Å². The average Bonchev–Trinajstić information content (AvgIpc) is 3.12. The fraction of sp³-hybridized carbons (Fsp3) is 0.500. The number of carbonyl (C=O) groups is 1. The van der Waals surface area contributed by atoms with Crippen LogP contribution in [0.5, 0.6) is 0 Å². The fourth-order valence-electron chi connectivity index (χ4n) is 2.66. The number of rotatable bonds is 5. The van der Waals surface area contributed by atoms with Gasteiger partial charge in [0.25, 0.3) is 5.91 Å². The SMILES string of the molecule is CN(C)CCn1c(=O)oc2ccc(NC(=O)[C@H]3CCCO3)cc21. The molecular formula is C16H21N3O4. The van der Waals surface area contributed by atoms with E-state index < -0.39 is 0 Å². The topological polar surface area (TPSA) is 76.7 Å². The molecule has 1 aliphatic rings. The van der Waals surface area contributed by atoms with Gasteiger partial charge < -0.3 is 19.4 Å². The van der Waals surface area contributed by atoms with Gasteiger partial charge >= 0.3 is 5.76 Å². The molecule has 3 rings (SSSR count). The Morgan fingerprint density at radius 2 is 2.26 bits per heavy atom. The van der Waals surface area contributed by atoms with Gasteiger partial charge in [0, 0.05) is 25.4 Å². The molecular weight excluding hydrogens is 298 g/mol. The lowest BCUT2D eigenvalue weighted by Crippen LogP contribution is -2.27. The van der Waals surface area contributed by atoms with Crippen LogP contribution in [0.4, 0.5) is 5.69 Å². The number of nitrogens with zero attached hydrogens (tertiary/aromatic N) is 2. The highest BCUT2D eigenvalue weighted by Gasteiger charge is 2.23. The van der Waals surface area contributed by atoms with Gasteiger partial charge in [-0.25, -0.2) is 4.79 Å². The van der Waals surface area contributed by atoms with Gasteiger partial charge in [0.15, 0.2) is 5.58 Å². The second-order valence-corrected chi connectivity index (χ2v) is 6.00. The first-order chi connectivity index (χ1) is 11.0. The molecule has 23 heavy (non-hydrogen) atoms. The Kier molecular flexibility index (Phi) is 4.49. The Morgan fingerprint density at radius 1 is 1.43 bits per heavy atom. The van der Waals surface area contributed by atoms with Crippen LogP contribution in [0, 0.1) is 0 Å². The molecule has 0 aliphatic carbocycles. The van der Waals surface area contributed by atoms with Gasteiger partial charge in [-0.05, 0) is 45.1 Å². The first-order valence-electron chi connectivity index (χ1n) is 7.75. The van der Waals surface area contributed by atoms with E-state index in [0.29, 0.717) is 29.9 Å². The van der Waals surface area contributed by atoms with Crippen LogP contribution in [0.15, 0.2) is 27.4 Å². The molecule has 1 N–H and O–H groups in total. The van der Waals surface area contributed by atoms with Crippen molar-refractivity contribution in [2.45, 2.75) is 25.5 Å². The van der Waals surface area contributed by atoms with E-state index in [0.717, 1.165) is 19.4 Å². The maximum absolute atomic E-state index is 12.1. The van der Waals surface area contributed by atoms with E-state index in [-0.39, 0.29) is 17.8 Å². The zero-order valence-corrected chi connectivity index (χ0v) is 13.4. The van der Waals surface area contributed by atoms with Crippen molar-refractivity contribution in [3.63, 3.8) is 0 Å². The summed E-state index contributed by atoms with van der Waals surface area (Å²) < 4.78 is 12.2. The number of likely N-dealkylation sites (N-methyl/N-ethyl adjacent to an activating group) is 1. The maximum atomic E-state index is 12.1. The lowest BCUT2D eigenvalue weighted by molar-refractivity contribution is -0.124. The summed E-state index contributed by atoms with van der Waals surface area (Å²) in [6.45, 7) is 1.88. The molecule has 1 aliphatic heterocycles. The van der Waals surface area contributed by atoms with Gasteiger partial charge in [0.1, 0.15) is 6.10 Å². The Hall–Kier alpha value is -2.12. The standard InChI is InChI=1S/C16H21N3O4/c1-18(2)7-8-19-12-10-11(5-6-13(12)23-16(19)21)17-15(20)14-4-3-9-22-14/h5-6,10,14H,3-4,7-9H2,1-2H3,(H,17,20)/t14-/m1/s1. The highest BCUT2D eigenvalue weighted by molar-refractivity contribution is 5.95. The second-order valence-electron chi connectivity index (χ2n) is 6.00. The second kappa shape index (κ2) is 6.55. The molecule has 1 aromatic heterocycles. The van der Waals surface area contributed by atoms with Crippen LogP contribution < -0.4 is 11.1 Å². The van der Waals surface area contributed by atoms with E-state index in [4.69, 9.17) is 9.15 Å². The summed E-state index contributed by atoms with van der Waals surface area (Å²) in [5.41, 5.74) is 1.84. The van der Waals surface area contributed by atoms with Gasteiger partial charge in [-0.2, -0.15) is 0 Å². The summed E-state index contributed by atoms with van der Waals surface area (Å²) in [6.07, 6.45) is 1.27. The van der Waals surface area contributed by atoms with E-state index in [1.165, 1.54) is 0 Å². The number of carbonyl (C=O) groups excluding carboxylic acids is 1. The van der Waals surface area contributed by atoms with Crippen LogP contribution in [0.2, 0.25) is 0 Å². The van der Waals surface area contributed by atoms with Gasteiger partial charge in [-0.3, -0.25) is 9.36 Å². The van der Waals surface area contributed by atoms with Gasteiger partial charge in [0.05, 0.1) is 5.52 Å². The molecule has 0 saturated carbocycles.